The van der Waals surface area contributed by atoms with E-state index in [-0.39, 0.29) is 52.1 Å². The Hall–Kier alpha value is -3.99. The zero-order chi connectivity index (χ0) is 29.3. The first-order chi connectivity index (χ1) is 19.5. The third kappa shape index (κ3) is 4.08. The number of fused-ring (bicyclic) bond motifs is 3. The van der Waals surface area contributed by atoms with E-state index in [0.29, 0.717) is 22.3 Å². The van der Waals surface area contributed by atoms with Crippen molar-refractivity contribution < 1.29 is 39.1 Å². The number of nitrogens with zero attached hydrogens (tertiary/aromatic N) is 1. The summed E-state index contributed by atoms with van der Waals surface area (Å²) in [6, 6.07) is 9.04. The van der Waals surface area contributed by atoms with Gasteiger partial charge >= 0.3 is 7.12 Å². The number of methoxy groups -OCH3 is 1. The summed E-state index contributed by atoms with van der Waals surface area (Å²) in [7, 11) is -0.402. The quantitative estimate of drug-likeness (QED) is 0.219. The normalized spacial score (nSPS) is 25.4. The van der Waals surface area contributed by atoms with Crippen LogP contribution < -0.4 is 15.1 Å². The molecule has 1 saturated heterocycles. The molecular weight excluding hydrogens is 549 g/mol. The highest BCUT2D eigenvalue weighted by molar-refractivity contribution is 6.58. The minimum Gasteiger partial charge on any atom is -0.503 e. The number of carbonyl (C=O) groups excluding carboxylic acids is 4. The first-order valence-corrected chi connectivity index (χ1v) is 13.5. The van der Waals surface area contributed by atoms with Gasteiger partial charge in [0, 0.05) is 22.6 Å². The standard InChI is InChI=1S/C30H25BClNO8/c1-13-8-22(34)26-20(27(13)35)12-19-17(24(26)14-9-21(32)28(36)23(10-14)41-2)6-7-18-25(19)30(38)33(29(18)37)16-5-3-4-15(11-16)31(39)40/h3-6,8-11,18-19,24-25,36,39-40H,7,12H2,1-2H3. The van der Waals surface area contributed by atoms with Gasteiger partial charge in [0.2, 0.25) is 11.8 Å². The number of phenolic OH excluding ortho intramolecular Hbond substituents is 1. The molecular formula is C30H25BClNO8. The van der Waals surface area contributed by atoms with Crippen LogP contribution in [0.5, 0.6) is 11.5 Å². The number of carbonyl (C=O) groups is 4. The summed E-state index contributed by atoms with van der Waals surface area (Å²) >= 11 is 6.34. The molecule has 1 aliphatic heterocycles. The fourth-order valence-corrected chi connectivity index (χ4v) is 6.98. The third-order valence-electron chi connectivity index (χ3n) is 8.59. The van der Waals surface area contributed by atoms with Crippen LogP contribution in [0.15, 0.2) is 70.8 Å². The Morgan fingerprint density at radius 2 is 1.80 bits per heavy atom. The predicted molar refractivity (Wildman–Crippen MR) is 150 cm³/mol. The smallest absolute Gasteiger partial charge is 0.488 e. The Kier molecular flexibility index (Phi) is 6.52. The van der Waals surface area contributed by atoms with Crippen LogP contribution in [0, 0.1) is 17.8 Å². The van der Waals surface area contributed by atoms with Crippen LogP contribution in [0.4, 0.5) is 5.69 Å². The topological polar surface area (TPSA) is 141 Å². The second kappa shape index (κ2) is 9.83. The van der Waals surface area contributed by atoms with Crippen molar-refractivity contribution in [3.63, 3.8) is 0 Å². The minimum atomic E-state index is -1.77. The summed E-state index contributed by atoms with van der Waals surface area (Å²) in [5.74, 6) is -4.44. The van der Waals surface area contributed by atoms with Gasteiger partial charge in [0.25, 0.3) is 0 Å². The van der Waals surface area contributed by atoms with Gasteiger partial charge in [0.15, 0.2) is 23.1 Å². The third-order valence-corrected chi connectivity index (χ3v) is 8.88. The van der Waals surface area contributed by atoms with E-state index in [1.165, 1.54) is 37.5 Å². The molecule has 0 radical (unpaired) electrons. The molecule has 1 fully saturated rings. The summed E-state index contributed by atoms with van der Waals surface area (Å²) in [4.78, 5) is 55.5. The van der Waals surface area contributed by atoms with Gasteiger partial charge in [-0.15, -0.1) is 0 Å². The zero-order valence-corrected chi connectivity index (χ0v) is 22.9. The van der Waals surface area contributed by atoms with Crippen LogP contribution in [0.2, 0.25) is 5.02 Å². The van der Waals surface area contributed by atoms with E-state index >= 15 is 0 Å². The van der Waals surface area contributed by atoms with E-state index < -0.39 is 42.6 Å². The molecule has 4 unspecified atom stereocenters. The number of aromatic hydroxyl groups is 1. The maximum absolute atomic E-state index is 14.0. The van der Waals surface area contributed by atoms with Gasteiger partial charge in [-0.3, -0.25) is 24.1 Å². The lowest BCUT2D eigenvalue weighted by molar-refractivity contribution is -0.123. The number of allylic oxidation sites excluding steroid dienone is 6. The van der Waals surface area contributed by atoms with Crippen molar-refractivity contribution in [2.75, 3.05) is 12.0 Å². The van der Waals surface area contributed by atoms with E-state index in [1.54, 1.807) is 19.1 Å². The van der Waals surface area contributed by atoms with Crippen molar-refractivity contribution in [2.24, 2.45) is 17.8 Å². The van der Waals surface area contributed by atoms with Crippen LogP contribution in [-0.4, -0.2) is 52.8 Å². The van der Waals surface area contributed by atoms with Crippen LogP contribution in [-0.2, 0) is 19.2 Å². The van der Waals surface area contributed by atoms with E-state index in [0.717, 1.165) is 10.5 Å². The molecule has 11 heteroatoms. The first-order valence-electron chi connectivity index (χ1n) is 13.1. The Balaban J connectivity index is 1.49. The molecule has 0 aromatic heterocycles. The number of hydrogen-bond acceptors (Lipinski definition) is 8. The van der Waals surface area contributed by atoms with Gasteiger partial charge in [-0.1, -0.05) is 35.4 Å². The van der Waals surface area contributed by atoms with Crippen LogP contribution in [0.1, 0.15) is 31.2 Å². The molecule has 4 aliphatic rings. The lowest BCUT2D eigenvalue weighted by Gasteiger charge is -2.42. The van der Waals surface area contributed by atoms with Gasteiger partial charge in [0.1, 0.15) is 0 Å². The van der Waals surface area contributed by atoms with Gasteiger partial charge in [-0.25, -0.2) is 0 Å². The average molecular weight is 574 g/mol. The van der Waals surface area contributed by atoms with E-state index in [1.807, 2.05) is 6.08 Å². The lowest BCUT2D eigenvalue weighted by atomic mass is 9.59. The fraction of sp³-hybridized carbons (Fsp3) is 0.267. The molecule has 9 nitrogen and oxygen atoms in total. The monoisotopic (exact) mass is 573 g/mol. The molecule has 0 saturated carbocycles. The molecule has 2 aromatic rings. The molecule has 2 amide bonds. The number of rotatable bonds is 4. The highest BCUT2D eigenvalue weighted by Crippen LogP contribution is 2.56. The number of amides is 2. The molecule has 4 atom stereocenters. The Bertz CT molecular complexity index is 1660. The van der Waals surface area contributed by atoms with Crippen LogP contribution in [0.3, 0.4) is 0 Å². The highest BCUT2D eigenvalue weighted by Gasteiger charge is 2.56. The van der Waals surface area contributed by atoms with Gasteiger partial charge < -0.3 is 19.9 Å². The Labute approximate surface area is 240 Å². The summed E-state index contributed by atoms with van der Waals surface area (Å²) in [5.41, 5.74) is 2.49. The highest BCUT2D eigenvalue weighted by atomic mass is 35.5. The molecule has 0 spiro atoms. The second-order valence-corrected chi connectivity index (χ2v) is 11.2. The van der Waals surface area contributed by atoms with Gasteiger partial charge in [-0.2, -0.15) is 0 Å². The number of anilines is 1. The van der Waals surface area contributed by atoms with Crippen molar-refractivity contribution in [1.29, 1.82) is 0 Å². The number of halogens is 1. The SMILES string of the molecule is COc1cc(C2C3=CCC4C(=O)N(c5cccc(B(O)O)c5)C(=O)C4C3CC3=C2C(=O)C=C(C)C3=O)cc(Cl)c1O. The number of ketones is 2. The summed E-state index contributed by atoms with van der Waals surface area (Å²) < 4.78 is 5.31. The van der Waals surface area contributed by atoms with Crippen molar-refractivity contribution >= 4 is 53.3 Å². The molecule has 41 heavy (non-hydrogen) atoms. The maximum Gasteiger partial charge on any atom is 0.488 e. The molecule has 208 valence electrons. The molecule has 3 N–H and O–H groups in total. The molecule has 2 aromatic carbocycles. The van der Waals surface area contributed by atoms with Crippen LogP contribution in [0.25, 0.3) is 0 Å². The Morgan fingerprint density at radius 1 is 1.05 bits per heavy atom. The maximum atomic E-state index is 14.0. The number of Topliss-reactive ketones (excluding diaryl/α,β-unsaturated/α-hetero) is 1. The average Bonchev–Trinajstić information content (AvgIpc) is 3.21. The number of phenols is 1. The summed E-state index contributed by atoms with van der Waals surface area (Å²) in [6.45, 7) is 1.57. The zero-order valence-electron chi connectivity index (χ0n) is 22.1. The molecule has 1 heterocycles. The lowest BCUT2D eigenvalue weighted by Crippen LogP contribution is -2.40. The molecule has 3 aliphatic carbocycles. The van der Waals surface area contributed by atoms with Crippen LogP contribution >= 0.6 is 11.6 Å². The molecule has 6 rings (SSSR count). The Morgan fingerprint density at radius 3 is 2.51 bits per heavy atom. The van der Waals surface area contributed by atoms with Crippen molar-refractivity contribution in [1.82, 2.24) is 0 Å². The van der Waals surface area contributed by atoms with Crippen molar-refractivity contribution in [2.45, 2.75) is 25.7 Å². The second-order valence-electron chi connectivity index (χ2n) is 10.8. The number of benzene rings is 2. The van der Waals surface area contributed by atoms with E-state index in [2.05, 4.69) is 0 Å². The largest absolute Gasteiger partial charge is 0.503 e. The number of imide groups is 1. The van der Waals surface area contributed by atoms with Gasteiger partial charge in [0.05, 0.1) is 29.7 Å². The first kappa shape index (κ1) is 27.2. The number of hydrogen-bond donors (Lipinski definition) is 3. The fourth-order valence-electron chi connectivity index (χ4n) is 6.76. The molecule has 0 bridgehead atoms. The minimum absolute atomic E-state index is 0.00321. The van der Waals surface area contributed by atoms with E-state index in [4.69, 9.17) is 16.3 Å². The van der Waals surface area contributed by atoms with Crippen molar-refractivity contribution in [3.05, 3.63) is 81.4 Å². The summed E-state index contributed by atoms with van der Waals surface area (Å²) in [6.07, 6.45) is 3.53. The van der Waals surface area contributed by atoms with Crippen molar-refractivity contribution in [3.8, 4) is 11.5 Å². The van der Waals surface area contributed by atoms with Gasteiger partial charge in [-0.05, 0) is 67.1 Å². The number of ether oxygens (including phenoxy) is 1. The predicted octanol–water partition coefficient (Wildman–Crippen LogP) is 2.37. The van der Waals surface area contributed by atoms with E-state index in [9.17, 15) is 34.3 Å². The summed E-state index contributed by atoms with van der Waals surface area (Å²) in [5, 5.41) is 29.6.